The van der Waals surface area contributed by atoms with Crippen LogP contribution >= 0.6 is 0 Å². The van der Waals surface area contributed by atoms with Crippen molar-refractivity contribution in [3.05, 3.63) is 0 Å². The Morgan fingerprint density at radius 2 is 1.71 bits per heavy atom. The zero-order valence-corrected chi connectivity index (χ0v) is 10.4. The molecular weight excluding hydrogens is 222 g/mol. The Balaban J connectivity index is 2.32. The number of carboxylic acid groups (broad SMARTS) is 1. The Labute approximate surface area is 102 Å². The predicted molar refractivity (Wildman–Crippen MR) is 62.7 cm³/mol. The molecule has 5 nitrogen and oxygen atoms in total. The third-order valence-corrected chi connectivity index (χ3v) is 3.01. The van der Waals surface area contributed by atoms with Crippen LogP contribution < -0.4 is 0 Å². The van der Waals surface area contributed by atoms with Gasteiger partial charge in [-0.2, -0.15) is 0 Å². The fourth-order valence-corrected chi connectivity index (χ4v) is 1.86. The zero-order chi connectivity index (χ0) is 12.7. The summed E-state index contributed by atoms with van der Waals surface area (Å²) in [7, 11) is 0. The Bertz CT molecular complexity index is 259. The number of hydrogen-bond donors (Lipinski definition) is 1. The first-order chi connectivity index (χ1) is 8.11. The summed E-state index contributed by atoms with van der Waals surface area (Å²) in [5, 5.41) is 8.64. The van der Waals surface area contributed by atoms with Gasteiger partial charge in [-0.25, -0.2) is 4.79 Å². The highest BCUT2D eigenvalue weighted by atomic mass is 16.5. The lowest BCUT2D eigenvalue weighted by Crippen LogP contribution is -2.37. The molecule has 0 aliphatic carbocycles. The van der Waals surface area contributed by atoms with E-state index in [1.807, 2.05) is 0 Å². The quantitative estimate of drug-likeness (QED) is 0.807. The number of carbonyl (C=O) groups is 2. The molecule has 1 amide bonds. The maximum Gasteiger partial charge on any atom is 0.332 e. The van der Waals surface area contributed by atoms with Crippen LogP contribution in [0.1, 0.15) is 39.0 Å². The largest absolute Gasteiger partial charge is 0.479 e. The summed E-state index contributed by atoms with van der Waals surface area (Å²) in [6.45, 7) is 2.84. The Morgan fingerprint density at radius 1 is 1.18 bits per heavy atom. The lowest BCUT2D eigenvalue weighted by Gasteiger charge is -2.25. The Hall–Kier alpha value is -1.10. The van der Waals surface area contributed by atoms with Gasteiger partial charge in [0.1, 0.15) is 6.61 Å². The van der Waals surface area contributed by atoms with Crippen LogP contribution in [0.2, 0.25) is 0 Å². The van der Waals surface area contributed by atoms with Crippen molar-refractivity contribution in [2.24, 2.45) is 0 Å². The molecule has 1 aliphatic rings. The molecule has 0 radical (unpaired) electrons. The van der Waals surface area contributed by atoms with E-state index < -0.39 is 12.1 Å². The van der Waals surface area contributed by atoms with Crippen molar-refractivity contribution in [1.29, 1.82) is 0 Å². The summed E-state index contributed by atoms with van der Waals surface area (Å²) in [5.41, 5.74) is 0. The van der Waals surface area contributed by atoms with E-state index in [0.717, 1.165) is 38.8 Å². The number of aliphatic carboxylic acids is 1. The van der Waals surface area contributed by atoms with Gasteiger partial charge in [0.25, 0.3) is 0 Å². The average molecular weight is 243 g/mol. The average Bonchev–Trinajstić information content (AvgIpc) is 2.24. The first-order valence-corrected chi connectivity index (χ1v) is 6.23. The van der Waals surface area contributed by atoms with Crippen molar-refractivity contribution in [1.82, 2.24) is 4.90 Å². The fourth-order valence-electron chi connectivity index (χ4n) is 1.86. The Morgan fingerprint density at radius 3 is 2.24 bits per heavy atom. The minimum Gasteiger partial charge on any atom is -0.479 e. The minimum atomic E-state index is -1.04. The molecule has 0 saturated carbocycles. The van der Waals surface area contributed by atoms with Crippen molar-refractivity contribution in [2.75, 3.05) is 19.7 Å². The molecule has 0 bridgehead atoms. The summed E-state index contributed by atoms with van der Waals surface area (Å²) in [4.78, 5) is 24.1. The van der Waals surface area contributed by atoms with Gasteiger partial charge < -0.3 is 14.7 Å². The van der Waals surface area contributed by atoms with E-state index in [9.17, 15) is 9.59 Å². The van der Waals surface area contributed by atoms with Gasteiger partial charge in [0.05, 0.1) is 0 Å². The monoisotopic (exact) mass is 243 g/mol. The van der Waals surface area contributed by atoms with Crippen LogP contribution in [0.25, 0.3) is 0 Å². The number of ether oxygens (including phenoxy) is 1. The highest BCUT2D eigenvalue weighted by Gasteiger charge is 2.18. The number of likely N-dealkylation sites (tertiary alicyclic amines) is 1. The van der Waals surface area contributed by atoms with Crippen LogP contribution in [-0.4, -0.2) is 47.7 Å². The molecule has 1 atom stereocenters. The zero-order valence-electron chi connectivity index (χ0n) is 10.4. The van der Waals surface area contributed by atoms with Crippen LogP contribution in [0, 0.1) is 0 Å². The van der Waals surface area contributed by atoms with Gasteiger partial charge >= 0.3 is 5.97 Å². The molecule has 98 valence electrons. The SMILES string of the molecule is CC(OCC(=O)N1CCCCCCC1)C(=O)O. The van der Waals surface area contributed by atoms with E-state index in [4.69, 9.17) is 9.84 Å². The second kappa shape index (κ2) is 7.27. The molecule has 1 heterocycles. The third kappa shape index (κ3) is 5.17. The van der Waals surface area contributed by atoms with E-state index in [2.05, 4.69) is 0 Å². The van der Waals surface area contributed by atoms with Crippen LogP contribution in [0.4, 0.5) is 0 Å². The van der Waals surface area contributed by atoms with Crippen LogP contribution in [-0.2, 0) is 14.3 Å². The van der Waals surface area contributed by atoms with Crippen LogP contribution in [0.15, 0.2) is 0 Å². The standard InChI is InChI=1S/C12H21NO4/c1-10(12(15)16)17-9-11(14)13-7-5-3-2-4-6-8-13/h10H,2-9H2,1H3,(H,15,16). The predicted octanol–water partition coefficient (Wildman–Crippen LogP) is 1.27. The molecule has 0 aromatic carbocycles. The van der Waals surface area contributed by atoms with E-state index in [0.29, 0.717) is 0 Å². The lowest BCUT2D eigenvalue weighted by atomic mass is 10.1. The summed E-state index contributed by atoms with van der Waals surface area (Å²) in [6, 6.07) is 0. The number of carbonyl (C=O) groups excluding carboxylic acids is 1. The maximum absolute atomic E-state index is 11.8. The first-order valence-electron chi connectivity index (χ1n) is 6.23. The van der Waals surface area contributed by atoms with Gasteiger partial charge in [-0.05, 0) is 19.8 Å². The van der Waals surface area contributed by atoms with E-state index in [-0.39, 0.29) is 12.5 Å². The normalized spacial score (nSPS) is 19.2. The number of amides is 1. The third-order valence-electron chi connectivity index (χ3n) is 3.01. The van der Waals surface area contributed by atoms with Gasteiger partial charge in [-0.15, -0.1) is 0 Å². The summed E-state index contributed by atoms with van der Waals surface area (Å²) in [5.74, 6) is -1.13. The molecule has 5 heteroatoms. The second-order valence-corrected chi connectivity index (χ2v) is 4.44. The molecule has 0 aromatic heterocycles. The smallest absolute Gasteiger partial charge is 0.332 e. The van der Waals surface area contributed by atoms with Gasteiger partial charge in [-0.3, -0.25) is 4.79 Å². The highest BCUT2D eigenvalue weighted by molar-refractivity contribution is 5.78. The van der Waals surface area contributed by atoms with Crippen molar-refractivity contribution in [2.45, 2.75) is 45.1 Å². The molecule has 1 unspecified atom stereocenters. The van der Waals surface area contributed by atoms with Crippen molar-refractivity contribution < 1.29 is 19.4 Å². The summed E-state index contributed by atoms with van der Waals surface area (Å²) >= 11 is 0. The molecule has 1 saturated heterocycles. The Kier molecular flexibility index (Phi) is 5.97. The topological polar surface area (TPSA) is 66.8 Å². The summed E-state index contributed by atoms with van der Waals surface area (Å²) < 4.78 is 5.00. The van der Waals surface area contributed by atoms with Crippen molar-refractivity contribution >= 4 is 11.9 Å². The van der Waals surface area contributed by atoms with Gasteiger partial charge in [0.15, 0.2) is 6.10 Å². The van der Waals surface area contributed by atoms with Gasteiger partial charge in [0, 0.05) is 13.1 Å². The van der Waals surface area contributed by atoms with Crippen molar-refractivity contribution in [3.63, 3.8) is 0 Å². The molecule has 17 heavy (non-hydrogen) atoms. The number of nitrogens with zero attached hydrogens (tertiary/aromatic N) is 1. The van der Waals surface area contributed by atoms with Gasteiger partial charge in [0.2, 0.25) is 5.91 Å². The number of hydrogen-bond acceptors (Lipinski definition) is 3. The van der Waals surface area contributed by atoms with Crippen LogP contribution in [0.3, 0.4) is 0 Å². The van der Waals surface area contributed by atoms with E-state index in [1.54, 1.807) is 4.90 Å². The second-order valence-electron chi connectivity index (χ2n) is 4.44. The van der Waals surface area contributed by atoms with E-state index >= 15 is 0 Å². The maximum atomic E-state index is 11.8. The number of carboxylic acids is 1. The van der Waals surface area contributed by atoms with E-state index in [1.165, 1.54) is 13.3 Å². The molecule has 1 fully saturated rings. The first kappa shape index (κ1) is 14.0. The highest BCUT2D eigenvalue weighted by Crippen LogP contribution is 2.10. The fraction of sp³-hybridized carbons (Fsp3) is 0.833. The molecule has 1 rings (SSSR count). The molecule has 0 aromatic rings. The number of rotatable bonds is 4. The van der Waals surface area contributed by atoms with Crippen LogP contribution in [0.5, 0.6) is 0 Å². The summed E-state index contributed by atoms with van der Waals surface area (Å²) in [6.07, 6.45) is 4.70. The molecule has 1 N–H and O–H groups in total. The van der Waals surface area contributed by atoms with Gasteiger partial charge in [-0.1, -0.05) is 19.3 Å². The van der Waals surface area contributed by atoms with Crippen molar-refractivity contribution in [3.8, 4) is 0 Å². The molecular formula is C12H21NO4. The molecule has 1 aliphatic heterocycles. The molecule has 0 spiro atoms. The minimum absolute atomic E-state index is 0.0972. The lowest BCUT2D eigenvalue weighted by molar-refractivity contribution is -0.153.